The van der Waals surface area contributed by atoms with E-state index >= 15 is 0 Å². The van der Waals surface area contributed by atoms with Crippen LogP contribution in [0.25, 0.3) is 0 Å². The van der Waals surface area contributed by atoms with Crippen LogP contribution < -0.4 is 5.32 Å². The second-order valence-electron chi connectivity index (χ2n) is 5.07. The highest BCUT2D eigenvalue weighted by Gasteiger charge is 2.22. The fourth-order valence-corrected chi connectivity index (χ4v) is 4.65. The lowest BCUT2D eigenvalue weighted by Gasteiger charge is -2.26. The minimum atomic E-state index is 0.482. The molecule has 1 aromatic rings. The summed E-state index contributed by atoms with van der Waals surface area (Å²) in [7, 11) is 0. The molecule has 1 aliphatic heterocycles. The van der Waals surface area contributed by atoms with Gasteiger partial charge in [-0.15, -0.1) is 11.3 Å². The van der Waals surface area contributed by atoms with Gasteiger partial charge in [0.1, 0.15) is 0 Å². The van der Waals surface area contributed by atoms with Gasteiger partial charge in [-0.2, -0.15) is 0 Å². The van der Waals surface area contributed by atoms with E-state index in [2.05, 4.69) is 50.2 Å². The Morgan fingerprint density at radius 2 is 2.16 bits per heavy atom. The van der Waals surface area contributed by atoms with E-state index in [1.54, 1.807) is 0 Å². The van der Waals surface area contributed by atoms with Crippen molar-refractivity contribution in [1.29, 1.82) is 0 Å². The monoisotopic (exact) mass is 409 g/mol. The average molecular weight is 411 g/mol. The Kier molecular flexibility index (Phi) is 6.83. The lowest BCUT2D eigenvalue weighted by atomic mass is 9.92. The summed E-state index contributed by atoms with van der Waals surface area (Å²) in [5, 5.41) is 3.70. The third-order valence-corrected chi connectivity index (χ3v) is 6.93. The first kappa shape index (κ1) is 16.0. The summed E-state index contributed by atoms with van der Waals surface area (Å²) in [6, 6.07) is 2.73. The highest BCUT2D eigenvalue weighted by Crippen LogP contribution is 2.38. The van der Waals surface area contributed by atoms with Crippen LogP contribution in [0.15, 0.2) is 14.3 Å². The second-order valence-corrected chi connectivity index (χ2v) is 8.32. The van der Waals surface area contributed by atoms with E-state index in [0.29, 0.717) is 6.04 Å². The first-order chi connectivity index (χ1) is 9.20. The first-order valence-electron chi connectivity index (χ1n) is 6.96. The van der Waals surface area contributed by atoms with Crippen LogP contribution in [0.5, 0.6) is 0 Å². The van der Waals surface area contributed by atoms with Crippen LogP contribution in [0.2, 0.25) is 0 Å². The number of thiophene rings is 1. The topological polar surface area (TPSA) is 21.3 Å². The molecule has 108 valence electrons. The van der Waals surface area contributed by atoms with Gasteiger partial charge in [0.25, 0.3) is 0 Å². The van der Waals surface area contributed by atoms with Crippen molar-refractivity contribution in [3.63, 3.8) is 0 Å². The van der Waals surface area contributed by atoms with Crippen molar-refractivity contribution in [1.82, 2.24) is 5.32 Å². The summed E-state index contributed by atoms with van der Waals surface area (Å²) >= 11 is 9.03. The zero-order valence-corrected chi connectivity index (χ0v) is 15.2. The zero-order chi connectivity index (χ0) is 13.7. The van der Waals surface area contributed by atoms with Crippen LogP contribution in [0, 0.1) is 5.92 Å². The van der Waals surface area contributed by atoms with Crippen LogP contribution in [-0.2, 0) is 4.74 Å². The summed E-state index contributed by atoms with van der Waals surface area (Å²) in [5.74, 6) is 0.794. The van der Waals surface area contributed by atoms with Crippen molar-refractivity contribution in [2.24, 2.45) is 5.92 Å². The van der Waals surface area contributed by atoms with Crippen molar-refractivity contribution in [2.75, 3.05) is 19.8 Å². The Morgan fingerprint density at radius 3 is 2.74 bits per heavy atom. The summed E-state index contributed by atoms with van der Waals surface area (Å²) in [4.78, 5) is 1.43. The second kappa shape index (κ2) is 8.13. The summed E-state index contributed by atoms with van der Waals surface area (Å²) < 4.78 is 7.82. The van der Waals surface area contributed by atoms with Crippen molar-refractivity contribution >= 4 is 43.2 Å². The quantitative estimate of drug-likeness (QED) is 0.701. The molecule has 19 heavy (non-hydrogen) atoms. The molecule has 0 bridgehead atoms. The smallest absolute Gasteiger partial charge is 0.0843 e. The summed E-state index contributed by atoms with van der Waals surface area (Å²) in [5.41, 5.74) is 0. The normalized spacial score (nSPS) is 18.7. The van der Waals surface area contributed by atoms with Gasteiger partial charge in [0, 0.05) is 28.6 Å². The molecule has 0 spiro atoms. The van der Waals surface area contributed by atoms with Crippen LogP contribution in [0.4, 0.5) is 0 Å². The van der Waals surface area contributed by atoms with Gasteiger partial charge < -0.3 is 10.1 Å². The highest BCUT2D eigenvalue weighted by molar-refractivity contribution is 9.13. The maximum absolute atomic E-state index is 5.46. The minimum Gasteiger partial charge on any atom is -0.381 e. The van der Waals surface area contributed by atoms with Crippen molar-refractivity contribution in [3.8, 4) is 0 Å². The van der Waals surface area contributed by atoms with E-state index in [1.807, 2.05) is 11.3 Å². The summed E-state index contributed by atoms with van der Waals surface area (Å²) in [6.45, 7) is 5.17. The maximum atomic E-state index is 5.46. The molecule has 1 unspecified atom stereocenters. The molecule has 2 heterocycles. The van der Waals surface area contributed by atoms with Crippen molar-refractivity contribution in [3.05, 3.63) is 19.2 Å². The summed E-state index contributed by atoms with van der Waals surface area (Å²) in [6.07, 6.45) is 4.82. The van der Waals surface area contributed by atoms with Crippen LogP contribution >= 0.6 is 43.2 Å². The molecule has 1 aliphatic rings. The van der Waals surface area contributed by atoms with Gasteiger partial charge in [0.15, 0.2) is 0 Å². The van der Waals surface area contributed by atoms with Gasteiger partial charge in [-0.25, -0.2) is 0 Å². The number of ether oxygens (including phenoxy) is 1. The molecule has 0 aliphatic carbocycles. The molecular weight excluding hydrogens is 390 g/mol. The Labute approximate surface area is 136 Å². The largest absolute Gasteiger partial charge is 0.381 e. The zero-order valence-electron chi connectivity index (χ0n) is 11.3. The average Bonchev–Trinajstić information content (AvgIpc) is 2.76. The lowest BCUT2D eigenvalue weighted by Crippen LogP contribution is -2.26. The van der Waals surface area contributed by atoms with Crippen molar-refractivity contribution in [2.45, 2.75) is 38.6 Å². The third kappa shape index (κ3) is 4.81. The Morgan fingerprint density at radius 1 is 1.42 bits per heavy atom. The molecule has 1 fully saturated rings. The fraction of sp³-hybridized carbons (Fsp3) is 0.714. The fourth-order valence-electron chi connectivity index (χ4n) is 2.47. The van der Waals surface area contributed by atoms with Gasteiger partial charge in [-0.3, -0.25) is 0 Å². The van der Waals surface area contributed by atoms with Gasteiger partial charge >= 0.3 is 0 Å². The molecule has 0 saturated carbocycles. The standard InChI is InChI=1S/C14H21Br2NOS/c1-2-5-17-12(8-10-3-6-18-7-4-10)13-9-11(15)14(16)19-13/h9-10,12,17H,2-8H2,1H3. The highest BCUT2D eigenvalue weighted by atomic mass is 79.9. The number of halogens is 2. The van der Waals surface area contributed by atoms with Crippen LogP contribution in [-0.4, -0.2) is 19.8 Å². The van der Waals surface area contributed by atoms with E-state index in [1.165, 1.54) is 38.8 Å². The SMILES string of the molecule is CCCNC(CC1CCOCC1)c1cc(Br)c(Br)s1. The predicted octanol–water partition coefficient (Wildman–Crippen LogP) is 5.13. The molecule has 2 rings (SSSR count). The van der Waals surface area contributed by atoms with E-state index in [9.17, 15) is 0 Å². The van der Waals surface area contributed by atoms with Gasteiger partial charge in [-0.1, -0.05) is 6.92 Å². The number of nitrogens with one attached hydrogen (secondary N) is 1. The predicted molar refractivity (Wildman–Crippen MR) is 88.9 cm³/mol. The van der Waals surface area contributed by atoms with E-state index in [-0.39, 0.29) is 0 Å². The maximum Gasteiger partial charge on any atom is 0.0843 e. The van der Waals surface area contributed by atoms with Gasteiger partial charge in [0.2, 0.25) is 0 Å². The molecule has 0 amide bonds. The number of hydrogen-bond acceptors (Lipinski definition) is 3. The van der Waals surface area contributed by atoms with E-state index < -0.39 is 0 Å². The molecule has 0 aromatic carbocycles. The van der Waals surface area contributed by atoms with Gasteiger partial charge in [-0.05, 0) is 76.1 Å². The minimum absolute atomic E-state index is 0.482. The Balaban J connectivity index is 2.01. The molecule has 1 N–H and O–H groups in total. The third-order valence-electron chi connectivity index (χ3n) is 3.56. The van der Waals surface area contributed by atoms with Crippen LogP contribution in [0.1, 0.15) is 43.5 Å². The molecule has 1 atom stereocenters. The van der Waals surface area contributed by atoms with E-state index in [4.69, 9.17) is 4.74 Å². The molecule has 0 radical (unpaired) electrons. The van der Waals surface area contributed by atoms with Gasteiger partial charge in [0.05, 0.1) is 3.79 Å². The molecule has 1 aromatic heterocycles. The van der Waals surface area contributed by atoms with E-state index in [0.717, 1.165) is 25.7 Å². The lowest BCUT2D eigenvalue weighted by molar-refractivity contribution is 0.0606. The first-order valence-corrected chi connectivity index (χ1v) is 9.36. The molecule has 1 saturated heterocycles. The molecular formula is C14H21Br2NOS. The Bertz CT molecular complexity index is 371. The number of rotatable bonds is 6. The Hall–Kier alpha value is 0.580. The number of hydrogen-bond donors (Lipinski definition) is 1. The van der Waals surface area contributed by atoms with Crippen LogP contribution in [0.3, 0.4) is 0 Å². The van der Waals surface area contributed by atoms with Crippen molar-refractivity contribution < 1.29 is 4.74 Å². The molecule has 2 nitrogen and oxygen atoms in total. The molecule has 5 heteroatoms.